The first-order valence-electron chi connectivity index (χ1n) is 4.49. The molecule has 15 heavy (non-hydrogen) atoms. The molecule has 0 spiro atoms. The summed E-state index contributed by atoms with van der Waals surface area (Å²) < 4.78 is 28.0. The Kier molecular flexibility index (Phi) is 3.99. The van der Waals surface area contributed by atoms with Gasteiger partial charge in [0.2, 0.25) is 0 Å². The third-order valence-electron chi connectivity index (χ3n) is 1.99. The lowest BCUT2D eigenvalue weighted by atomic mass is 10.0. The number of ether oxygens (including phenoxy) is 1. The molecule has 0 radical (unpaired) electrons. The fourth-order valence-corrected chi connectivity index (χ4v) is 1.18. The summed E-state index contributed by atoms with van der Waals surface area (Å²) >= 11 is 0. The van der Waals surface area contributed by atoms with E-state index in [4.69, 9.17) is 5.73 Å². The first-order valence-corrected chi connectivity index (χ1v) is 4.49. The molecule has 3 nitrogen and oxygen atoms in total. The van der Waals surface area contributed by atoms with Crippen molar-refractivity contribution in [1.29, 1.82) is 0 Å². The Hall–Kier alpha value is -1.20. The van der Waals surface area contributed by atoms with Crippen LogP contribution < -0.4 is 10.5 Å². The minimum absolute atomic E-state index is 0.0404. The van der Waals surface area contributed by atoms with Gasteiger partial charge >= 0.3 is 6.61 Å². The van der Waals surface area contributed by atoms with Crippen molar-refractivity contribution in [1.82, 2.24) is 0 Å². The molecule has 0 saturated heterocycles. The van der Waals surface area contributed by atoms with Crippen LogP contribution in [-0.2, 0) is 0 Å². The fraction of sp³-hybridized carbons (Fsp3) is 0.400. The number of aliphatic hydroxyl groups is 1. The molecule has 0 aliphatic rings. The van der Waals surface area contributed by atoms with E-state index in [2.05, 4.69) is 4.74 Å². The van der Waals surface area contributed by atoms with Crippen molar-refractivity contribution in [2.75, 3.05) is 0 Å². The molecule has 0 aromatic heterocycles. The summed E-state index contributed by atoms with van der Waals surface area (Å²) in [6.07, 6.45) is -0.744. The Balaban J connectivity index is 2.82. The van der Waals surface area contributed by atoms with Crippen molar-refractivity contribution >= 4 is 0 Å². The van der Waals surface area contributed by atoms with Crippen LogP contribution in [0.1, 0.15) is 18.5 Å². The number of hydrogen-bond acceptors (Lipinski definition) is 3. The zero-order chi connectivity index (χ0) is 11.4. The third kappa shape index (κ3) is 3.45. The van der Waals surface area contributed by atoms with Gasteiger partial charge in [-0.2, -0.15) is 8.78 Å². The molecule has 2 atom stereocenters. The van der Waals surface area contributed by atoms with Gasteiger partial charge in [-0.15, -0.1) is 0 Å². The van der Waals surface area contributed by atoms with Crippen LogP contribution in [0.15, 0.2) is 24.3 Å². The molecule has 1 rings (SSSR count). The Labute approximate surface area is 86.5 Å². The molecule has 0 heterocycles. The molecule has 0 unspecified atom stereocenters. The first-order chi connectivity index (χ1) is 7.00. The molecular formula is C10H13F2NO2. The van der Waals surface area contributed by atoms with Gasteiger partial charge in [-0.1, -0.05) is 12.1 Å². The van der Waals surface area contributed by atoms with Crippen molar-refractivity contribution in [2.45, 2.75) is 25.7 Å². The molecule has 0 amide bonds. The molecule has 0 aliphatic heterocycles. The SMILES string of the molecule is C[C@H](O)[C@@H](N)c1cccc(OC(F)F)c1. The van der Waals surface area contributed by atoms with Crippen LogP contribution in [-0.4, -0.2) is 17.8 Å². The van der Waals surface area contributed by atoms with Gasteiger partial charge in [0.05, 0.1) is 12.1 Å². The molecule has 0 saturated carbocycles. The first kappa shape index (κ1) is 11.9. The van der Waals surface area contributed by atoms with Crippen LogP contribution in [0.2, 0.25) is 0 Å². The average Bonchev–Trinajstić information content (AvgIpc) is 2.16. The van der Waals surface area contributed by atoms with Crippen LogP contribution in [0, 0.1) is 0 Å². The minimum Gasteiger partial charge on any atom is -0.435 e. The number of halogens is 2. The smallest absolute Gasteiger partial charge is 0.387 e. The molecule has 0 fully saturated rings. The molecule has 1 aromatic rings. The van der Waals surface area contributed by atoms with Crippen LogP contribution in [0.4, 0.5) is 8.78 Å². The predicted octanol–water partition coefficient (Wildman–Crippen LogP) is 1.67. The number of rotatable bonds is 4. The Morgan fingerprint density at radius 2 is 2.07 bits per heavy atom. The predicted molar refractivity (Wildman–Crippen MR) is 51.7 cm³/mol. The number of nitrogens with two attached hydrogens (primary N) is 1. The Morgan fingerprint density at radius 1 is 1.40 bits per heavy atom. The Morgan fingerprint density at radius 3 is 2.60 bits per heavy atom. The highest BCUT2D eigenvalue weighted by atomic mass is 19.3. The standard InChI is InChI=1S/C10H13F2NO2/c1-6(14)9(13)7-3-2-4-8(5-7)15-10(11)12/h2-6,9-10,14H,13H2,1H3/t6-,9+/m0/s1. The van der Waals surface area contributed by atoms with Gasteiger partial charge in [0.25, 0.3) is 0 Å². The summed E-state index contributed by atoms with van der Waals surface area (Å²) in [5, 5.41) is 9.23. The monoisotopic (exact) mass is 217 g/mol. The zero-order valence-electron chi connectivity index (χ0n) is 8.23. The summed E-state index contributed by atoms with van der Waals surface area (Å²) in [5.41, 5.74) is 6.20. The lowest BCUT2D eigenvalue weighted by molar-refractivity contribution is -0.0499. The topological polar surface area (TPSA) is 55.5 Å². The van der Waals surface area contributed by atoms with E-state index in [1.807, 2.05) is 0 Å². The maximum absolute atomic E-state index is 11.9. The molecule has 5 heteroatoms. The van der Waals surface area contributed by atoms with E-state index < -0.39 is 18.8 Å². The quantitative estimate of drug-likeness (QED) is 0.806. The molecule has 84 valence electrons. The van der Waals surface area contributed by atoms with Gasteiger partial charge in [-0.3, -0.25) is 0 Å². The molecule has 0 aliphatic carbocycles. The lowest BCUT2D eigenvalue weighted by Crippen LogP contribution is -2.23. The highest BCUT2D eigenvalue weighted by molar-refractivity contribution is 5.30. The normalized spacial score (nSPS) is 15.1. The number of hydrogen-bond donors (Lipinski definition) is 2. The van der Waals surface area contributed by atoms with E-state index in [1.165, 1.54) is 19.1 Å². The van der Waals surface area contributed by atoms with E-state index in [1.54, 1.807) is 12.1 Å². The van der Waals surface area contributed by atoms with Gasteiger partial charge in [-0.05, 0) is 24.6 Å². The number of alkyl halides is 2. The largest absolute Gasteiger partial charge is 0.435 e. The van der Waals surface area contributed by atoms with Crippen LogP contribution >= 0.6 is 0 Å². The second-order valence-corrected chi connectivity index (χ2v) is 3.22. The van der Waals surface area contributed by atoms with Crippen molar-refractivity contribution in [2.24, 2.45) is 5.73 Å². The lowest BCUT2D eigenvalue weighted by Gasteiger charge is -2.15. The van der Waals surface area contributed by atoms with E-state index in [0.717, 1.165) is 0 Å². The molecule has 3 N–H and O–H groups in total. The van der Waals surface area contributed by atoms with Gasteiger partial charge in [-0.25, -0.2) is 0 Å². The van der Waals surface area contributed by atoms with E-state index >= 15 is 0 Å². The minimum atomic E-state index is -2.86. The van der Waals surface area contributed by atoms with E-state index in [-0.39, 0.29) is 5.75 Å². The summed E-state index contributed by atoms with van der Waals surface area (Å²) in [6, 6.07) is 5.39. The molecule has 1 aromatic carbocycles. The van der Waals surface area contributed by atoms with Crippen LogP contribution in [0.5, 0.6) is 5.75 Å². The van der Waals surface area contributed by atoms with Gasteiger partial charge < -0.3 is 15.6 Å². The maximum Gasteiger partial charge on any atom is 0.387 e. The van der Waals surface area contributed by atoms with Crippen LogP contribution in [0.3, 0.4) is 0 Å². The highest BCUT2D eigenvalue weighted by Crippen LogP contribution is 2.21. The summed E-state index contributed by atoms with van der Waals surface area (Å²) in [6.45, 7) is -1.33. The number of benzene rings is 1. The number of aliphatic hydroxyl groups excluding tert-OH is 1. The van der Waals surface area contributed by atoms with Crippen molar-refractivity contribution in [3.8, 4) is 5.75 Å². The summed E-state index contributed by atoms with van der Waals surface area (Å²) in [7, 11) is 0. The average molecular weight is 217 g/mol. The van der Waals surface area contributed by atoms with Gasteiger partial charge in [0.15, 0.2) is 0 Å². The van der Waals surface area contributed by atoms with Crippen LogP contribution in [0.25, 0.3) is 0 Å². The Bertz CT molecular complexity index is 318. The molecular weight excluding hydrogens is 204 g/mol. The van der Waals surface area contributed by atoms with Gasteiger partial charge in [0, 0.05) is 0 Å². The van der Waals surface area contributed by atoms with E-state index in [9.17, 15) is 13.9 Å². The van der Waals surface area contributed by atoms with Crippen molar-refractivity contribution in [3.05, 3.63) is 29.8 Å². The van der Waals surface area contributed by atoms with E-state index in [0.29, 0.717) is 5.56 Å². The third-order valence-corrected chi connectivity index (χ3v) is 1.99. The summed E-state index contributed by atoms with van der Waals surface area (Å²) in [4.78, 5) is 0. The second kappa shape index (κ2) is 5.04. The second-order valence-electron chi connectivity index (χ2n) is 3.22. The van der Waals surface area contributed by atoms with Gasteiger partial charge in [0.1, 0.15) is 5.75 Å². The van der Waals surface area contributed by atoms with Crippen molar-refractivity contribution < 1.29 is 18.6 Å². The maximum atomic E-state index is 11.9. The highest BCUT2D eigenvalue weighted by Gasteiger charge is 2.13. The zero-order valence-corrected chi connectivity index (χ0v) is 8.23. The molecule has 0 bridgehead atoms. The van der Waals surface area contributed by atoms with Crippen molar-refractivity contribution in [3.63, 3.8) is 0 Å². The summed E-state index contributed by atoms with van der Waals surface area (Å²) in [5.74, 6) is 0.0404. The fourth-order valence-electron chi connectivity index (χ4n) is 1.18.